The number of aliphatic hydroxyl groups is 1. The summed E-state index contributed by atoms with van der Waals surface area (Å²) in [6, 6.07) is 11.1. The maximum absolute atomic E-state index is 13.6. The Morgan fingerprint density at radius 1 is 1.17 bits per heavy atom. The standard InChI is InChI=1S/C27H36N2O6/c1-32-22-6-4-20(5-7-22)8-12-27(31,24-3-2-16-33-24)26(30)28-23-19-29(13-9-21(23)10-14-29)15-11-25-34-17-18-35-25/h2-7,16,21,23,25,31H,8-15,17-19H2,1H3/p+1/t21?,23-,27?,29?/m0/s1. The number of amides is 1. The number of aryl methyl sites for hydroxylation is 1. The summed E-state index contributed by atoms with van der Waals surface area (Å²) < 4.78 is 23.1. The molecule has 5 heterocycles. The number of quaternary nitrogens is 1. The van der Waals surface area contributed by atoms with Crippen LogP contribution in [-0.2, 0) is 26.3 Å². The summed E-state index contributed by atoms with van der Waals surface area (Å²) >= 11 is 0. The molecule has 1 aromatic heterocycles. The van der Waals surface area contributed by atoms with Crippen LogP contribution in [0.4, 0.5) is 0 Å². The number of methoxy groups -OCH3 is 1. The molecule has 0 radical (unpaired) electrons. The second kappa shape index (κ2) is 10.3. The van der Waals surface area contributed by atoms with Gasteiger partial charge in [0, 0.05) is 19.3 Å². The van der Waals surface area contributed by atoms with Crippen molar-refractivity contribution in [3.63, 3.8) is 0 Å². The van der Waals surface area contributed by atoms with Crippen molar-refractivity contribution in [2.75, 3.05) is 46.5 Å². The van der Waals surface area contributed by atoms with Gasteiger partial charge in [-0.3, -0.25) is 4.79 Å². The fourth-order valence-corrected chi connectivity index (χ4v) is 5.99. The number of rotatable bonds is 10. The third-order valence-electron chi connectivity index (χ3n) is 8.19. The SMILES string of the molecule is COc1ccc(CCC(O)(C(=O)N[C@H]2C[N+]3(CCC4OCCO4)CCC2CC3)c2ccco2)cc1. The van der Waals surface area contributed by atoms with Gasteiger partial charge in [-0.2, -0.15) is 0 Å². The second-order valence-corrected chi connectivity index (χ2v) is 10.3. The van der Waals surface area contributed by atoms with Crippen molar-refractivity contribution in [2.24, 2.45) is 5.92 Å². The average Bonchev–Trinajstić information content (AvgIpc) is 3.62. The monoisotopic (exact) mass is 485 g/mol. The summed E-state index contributed by atoms with van der Waals surface area (Å²) in [4.78, 5) is 13.6. The molecule has 6 rings (SSSR count). The van der Waals surface area contributed by atoms with Crippen LogP contribution in [0.15, 0.2) is 47.1 Å². The average molecular weight is 486 g/mol. The minimum Gasteiger partial charge on any atom is -0.497 e. The number of hydrogen-bond donors (Lipinski definition) is 2. The number of nitrogens with one attached hydrogen (secondary N) is 1. The zero-order chi connectivity index (χ0) is 24.3. The van der Waals surface area contributed by atoms with Gasteiger partial charge >= 0.3 is 0 Å². The van der Waals surface area contributed by atoms with Gasteiger partial charge in [0.05, 0.1) is 58.8 Å². The number of carbonyl (C=O) groups is 1. The molecule has 4 fully saturated rings. The van der Waals surface area contributed by atoms with Gasteiger partial charge in [0.25, 0.3) is 5.91 Å². The highest BCUT2D eigenvalue weighted by molar-refractivity contribution is 5.86. The molecule has 2 atom stereocenters. The fraction of sp³-hybridized carbons (Fsp3) is 0.593. The third kappa shape index (κ3) is 5.26. The topological polar surface area (TPSA) is 90.2 Å². The predicted molar refractivity (Wildman–Crippen MR) is 129 cm³/mol. The molecule has 0 spiro atoms. The highest BCUT2D eigenvalue weighted by Crippen LogP contribution is 2.36. The molecule has 4 aliphatic rings. The smallest absolute Gasteiger partial charge is 0.260 e. The van der Waals surface area contributed by atoms with E-state index in [0.717, 1.165) is 61.2 Å². The minimum absolute atomic E-state index is 0.0397. The lowest BCUT2D eigenvalue weighted by Crippen LogP contribution is -2.68. The van der Waals surface area contributed by atoms with Gasteiger partial charge in [-0.05, 0) is 48.6 Å². The van der Waals surface area contributed by atoms with Crippen LogP contribution in [-0.4, -0.2) is 74.3 Å². The number of carbonyl (C=O) groups excluding carboxylic acids is 1. The Morgan fingerprint density at radius 3 is 2.57 bits per heavy atom. The largest absolute Gasteiger partial charge is 0.497 e. The van der Waals surface area contributed by atoms with Crippen LogP contribution in [0.25, 0.3) is 0 Å². The summed E-state index contributed by atoms with van der Waals surface area (Å²) in [5.74, 6) is 1.13. The number of hydrogen-bond acceptors (Lipinski definition) is 6. The van der Waals surface area contributed by atoms with Crippen LogP contribution >= 0.6 is 0 Å². The molecule has 1 amide bonds. The Morgan fingerprint density at radius 2 is 1.91 bits per heavy atom. The molecule has 1 aromatic carbocycles. The first kappa shape index (κ1) is 24.3. The molecule has 35 heavy (non-hydrogen) atoms. The van der Waals surface area contributed by atoms with E-state index in [0.29, 0.717) is 25.6 Å². The molecule has 4 aliphatic heterocycles. The third-order valence-corrected chi connectivity index (χ3v) is 8.19. The Labute approximate surface area is 206 Å². The van der Waals surface area contributed by atoms with Gasteiger partial charge in [0.15, 0.2) is 6.29 Å². The molecule has 8 nitrogen and oxygen atoms in total. The summed E-state index contributed by atoms with van der Waals surface area (Å²) in [5, 5.41) is 14.9. The van der Waals surface area contributed by atoms with Gasteiger partial charge in [0.2, 0.25) is 5.60 Å². The Bertz CT molecular complexity index is 964. The summed E-state index contributed by atoms with van der Waals surface area (Å²) in [7, 11) is 1.63. The van der Waals surface area contributed by atoms with Gasteiger partial charge in [-0.1, -0.05) is 12.1 Å². The molecule has 0 aliphatic carbocycles. The lowest BCUT2D eigenvalue weighted by atomic mass is 9.80. The van der Waals surface area contributed by atoms with E-state index >= 15 is 0 Å². The van der Waals surface area contributed by atoms with E-state index in [1.165, 1.54) is 6.26 Å². The molecule has 2 N–H and O–H groups in total. The van der Waals surface area contributed by atoms with Crippen molar-refractivity contribution in [3.05, 3.63) is 54.0 Å². The van der Waals surface area contributed by atoms with Crippen molar-refractivity contribution < 1.29 is 33.0 Å². The summed E-state index contributed by atoms with van der Waals surface area (Å²) in [6.07, 6.45) is 5.21. The van der Waals surface area contributed by atoms with Crippen LogP contribution in [0.3, 0.4) is 0 Å². The number of fused-ring (bicyclic) bond motifs is 3. The highest BCUT2D eigenvalue weighted by atomic mass is 16.7. The predicted octanol–water partition coefficient (Wildman–Crippen LogP) is 2.60. The Hall–Kier alpha value is -2.39. The van der Waals surface area contributed by atoms with Crippen molar-refractivity contribution in [1.29, 1.82) is 0 Å². The first-order valence-corrected chi connectivity index (χ1v) is 12.8. The Kier molecular flexibility index (Phi) is 7.16. The van der Waals surface area contributed by atoms with Crippen LogP contribution < -0.4 is 10.1 Å². The molecule has 190 valence electrons. The van der Waals surface area contributed by atoms with Crippen LogP contribution in [0.5, 0.6) is 5.75 Å². The maximum atomic E-state index is 13.6. The highest BCUT2D eigenvalue weighted by Gasteiger charge is 2.49. The van der Waals surface area contributed by atoms with E-state index in [4.69, 9.17) is 18.6 Å². The second-order valence-electron chi connectivity index (χ2n) is 10.3. The van der Waals surface area contributed by atoms with Crippen LogP contribution in [0.1, 0.15) is 37.0 Å². The lowest BCUT2D eigenvalue weighted by Gasteiger charge is -2.53. The summed E-state index contributed by atoms with van der Waals surface area (Å²) in [6.45, 7) is 5.48. The Balaban J connectivity index is 1.26. The molecule has 0 saturated carbocycles. The summed E-state index contributed by atoms with van der Waals surface area (Å²) in [5.41, 5.74) is -0.710. The number of benzene rings is 1. The van der Waals surface area contributed by atoms with Crippen molar-refractivity contribution >= 4 is 5.91 Å². The van der Waals surface area contributed by atoms with E-state index in [1.54, 1.807) is 19.2 Å². The quantitative estimate of drug-likeness (QED) is 0.503. The van der Waals surface area contributed by atoms with Crippen molar-refractivity contribution in [3.8, 4) is 5.75 Å². The van der Waals surface area contributed by atoms with E-state index in [9.17, 15) is 9.90 Å². The maximum Gasteiger partial charge on any atom is 0.260 e. The van der Waals surface area contributed by atoms with Gasteiger partial charge in [-0.15, -0.1) is 0 Å². The number of nitrogens with zero attached hydrogens (tertiary/aromatic N) is 1. The lowest BCUT2D eigenvalue weighted by molar-refractivity contribution is -0.944. The molecular weight excluding hydrogens is 448 g/mol. The van der Waals surface area contributed by atoms with Gasteiger partial charge < -0.3 is 33.5 Å². The van der Waals surface area contributed by atoms with Crippen molar-refractivity contribution in [2.45, 2.75) is 50.0 Å². The fourth-order valence-electron chi connectivity index (χ4n) is 5.99. The van der Waals surface area contributed by atoms with Crippen molar-refractivity contribution in [1.82, 2.24) is 5.32 Å². The van der Waals surface area contributed by atoms with E-state index in [2.05, 4.69) is 5.32 Å². The molecular formula is C27H37N2O6+. The normalized spacial score (nSPS) is 28.1. The molecule has 4 saturated heterocycles. The minimum atomic E-state index is -1.73. The van der Waals surface area contributed by atoms with Gasteiger partial charge in [-0.25, -0.2) is 0 Å². The van der Waals surface area contributed by atoms with E-state index in [-0.39, 0.29) is 30.4 Å². The molecule has 1 unspecified atom stereocenters. The van der Waals surface area contributed by atoms with Crippen LogP contribution in [0.2, 0.25) is 0 Å². The zero-order valence-electron chi connectivity index (χ0n) is 20.5. The first-order valence-electron chi connectivity index (χ1n) is 12.8. The van der Waals surface area contributed by atoms with Gasteiger partial charge in [0.1, 0.15) is 11.5 Å². The van der Waals surface area contributed by atoms with E-state index < -0.39 is 5.60 Å². The first-order chi connectivity index (χ1) is 17.0. The number of furan rings is 1. The zero-order valence-corrected chi connectivity index (χ0v) is 20.5. The molecule has 2 bridgehead atoms. The number of ether oxygens (including phenoxy) is 3. The van der Waals surface area contributed by atoms with Crippen LogP contribution in [0, 0.1) is 5.92 Å². The molecule has 8 heteroatoms. The number of piperidine rings is 3. The van der Waals surface area contributed by atoms with E-state index in [1.807, 2.05) is 24.3 Å². The molecule has 2 aromatic rings.